The summed E-state index contributed by atoms with van der Waals surface area (Å²) in [6, 6.07) is 11.3. The van der Waals surface area contributed by atoms with Crippen LogP contribution in [-0.4, -0.2) is 26.3 Å². The van der Waals surface area contributed by atoms with E-state index in [0.717, 1.165) is 16.7 Å². The summed E-state index contributed by atoms with van der Waals surface area (Å²) in [5.41, 5.74) is 2.42. The maximum atomic E-state index is 5.67. The topological polar surface area (TPSA) is 53.7 Å². The zero-order chi connectivity index (χ0) is 16.2. The van der Waals surface area contributed by atoms with Crippen LogP contribution in [0.4, 0.5) is 0 Å². The minimum absolute atomic E-state index is 0.531. The van der Waals surface area contributed by atoms with Crippen molar-refractivity contribution in [2.75, 3.05) is 21.3 Å². The van der Waals surface area contributed by atoms with Gasteiger partial charge in [-0.1, -0.05) is 12.1 Å². The van der Waals surface area contributed by atoms with E-state index in [2.05, 4.69) is 4.98 Å². The third-order valence-corrected chi connectivity index (χ3v) is 3.45. The van der Waals surface area contributed by atoms with Gasteiger partial charge in [-0.15, -0.1) is 0 Å². The van der Waals surface area contributed by atoms with Crippen molar-refractivity contribution < 1.29 is 18.6 Å². The number of aromatic nitrogens is 1. The quantitative estimate of drug-likeness (QED) is 0.712. The van der Waals surface area contributed by atoms with Gasteiger partial charge in [0.1, 0.15) is 11.3 Å². The lowest BCUT2D eigenvalue weighted by Crippen LogP contribution is -1.94. The molecule has 0 N–H and O–H groups in total. The van der Waals surface area contributed by atoms with Crippen LogP contribution in [0.15, 0.2) is 40.8 Å². The van der Waals surface area contributed by atoms with Gasteiger partial charge in [0.25, 0.3) is 0 Å². The van der Waals surface area contributed by atoms with Crippen LogP contribution in [0.2, 0.25) is 0 Å². The summed E-state index contributed by atoms with van der Waals surface area (Å²) in [7, 11) is 4.79. The van der Waals surface area contributed by atoms with Crippen molar-refractivity contribution in [2.45, 2.75) is 0 Å². The van der Waals surface area contributed by atoms with Crippen molar-refractivity contribution in [3.63, 3.8) is 0 Å². The Bertz CT molecular complexity index is 818. The molecule has 0 radical (unpaired) electrons. The zero-order valence-electron chi connectivity index (χ0n) is 13.2. The van der Waals surface area contributed by atoms with Crippen molar-refractivity contribution in [2.24, 2.45) is 0 Å². The normalized spacial score (nSPS) is 11.1. The molecule has 0 saturated heterocycles. The molecule has 0 saturated carbocycles. The summed E-state index contributed by atoms with van der Waals surface area (Å²) >= 11 is 0. The molecule has 0 unspecified atom stereocenters. The van der Waals surface area contributed by atoms with Crippen LogP contribution in [-0.2, 0) is 0 Å². The molecule has 2 aromatic carbocycles. The van der Waals surface area contributed by atoms with Gasteiger partial charge >= 0.3 is 0 Å². The third-order valence-electron chi connectivity index (χ3n) is 3.45. The second-order valence-electron chi connectivity index (χ2n) is 4.80. The Labute approximate surface area is 134 Å². The molecule has 118 valence electrons. The molecule has 0 aliphatic heterocycles. The summed E-state index contributed by atoms with van der Waals surface area (Å²) in [6.45, 7) is 0. The maximum absolute atomic E-state index is 5.67. The monoisotopic (exact) mass is 311 g/mol. The van der Waals surface area contributed by atoms with Crippen molar-refractivity contribution in [3.05, 3.63) is 47.9 Å². The SMILES string of the molecule is COc1cc(OC)c(OC)cc1/C=C\c1nc2ccccc2o1. The highest BCUT2D eigenvalue weighted by Crippen LogP contribution is 2.35. The van der Waals surface area contributed by atoms with Crippen molar-refractivity contribution in [1.82, 2.24) is 4.98 Å². The molecule has 1 aromatic heterocycles. The van der Waals surface area contributed by atoms with E-state index < -0.39 is 0 Å². The molecule has 0 aliphatic carbocycles. The number of benzene rings is 2. The maximum Gasteiger partial charge on any atom is 0.220 e. The lowest BCUT2D eigenvalue weighted by Gasteiger charge is -2.11. The second-order valence-corrected chi connectivity index (χ2v) is 4.80. The first kappa shape index (κ1) is 15.0. The molecule has 0 spiro atoms. The Morgan fingerprint density at radius 2 is 1.57 bits per heavy atom. The van der Waals surface area contributed by atoms with Gasteiger partial charge in [-0.2, -0.15) is 0 Å². The lowest BCUT2D eigenvalue weighted by molar-refractivity contribution is 0.348. The number of methoxy groups -OCH3 is 3. The summed E-state index contributed by atoms with van der Waals surface area (Å²) < 4.78 is 21.7. The third kappa shape index (κ3) is 2.99. The number of hydrogen-bond acceptors (Lipinski definition) is 5. The van der Waals surface area contributed by atoms with E-state index in [4.69, 9.17) is 18.6 Å². The van der Waals surface area contributed by atoms with Gasteiger partial charge in [-0.3, -0.25) is 0 Å². The summed E-state index contributed by atoms with van der Waals surface area (Å²) in [5.74, 6) is 2.45. The predicted molar refractivity (Wildman–Crippen MR) is 89.0 cm³/mol. The minimum Gasteiger partial charge on any atom is -0.496 e. The molecule has 3 rings (SSSR count). The van der Waals surface area contributed by atoms with Crippen LogP contribution in [0, 0.1) is 0 Å². The molecule has 5 nitrogen and oxygen atoms in total. The Morgan fingerprint density at radius 3 is 2.26 bits per heavy atom. The van der Waals surface area contributed by atoms with Gasteiger partial charge in [0, 0.05) is 17.7 Å². The van der Waals surface area contributed by atoms with Gasteiger partial charge < -0.3 is 18.6 Å². The average Bonchev–Trinajstić information content (AvgIpc) is 3.01. The van der Waals surface area contributed by atoms with Gasteiger partial charge in [-0.25, -0.2) is 4.98 Å². The zero-order valence-corrected chi connectivity index (χ0v) is 13.2. The highest BCUT2D eigenvalue weighted by molar-refractivity contribution is 5.77. The summed E-state index contributed by atoms with van der Waals surface area (Å²) in [4.78, 5) is 4.41. The first-order chi connectivity index (χ1) is 11.2. The highest BCUT2D eigenvalue weighted by atomic mass is 16.5. The Balaban J connectivity index is 1.97. The molecule has 1 heterocycles. The van der Waals surface area contributed by atoms with Crippen molar-refractivity contribution >= 4 is 23.3 Å². The second kappa shape index (κ2) is 6.44. The molecule has 23 heavy (non-hydrogen) atoms. The number of fused-ring (bicyclic) bond motifs is 1. The van der Waals surface area contributed by atoms with Crippen LogP contribution >= 0.6 is 0 Å². The van der Waals surface area contributed by atoms with Crippen molar-refractivity contribution in [3.8, 4) is 17.2 Å². The number of ether oxygens (including phenoxy) is 3. The fourth-order valence-corrected chi connectivity index (χ4v) is 2.31. The van der Waals surface area contributed by atoms with E-state index in [9.17, 15) is 0 Å². The Morgan fingerprint density at radius 1 is 0.870 bits per heavy atom. The molecule has 0 atom stereocenters. The van der Waals surface area contributed by atoms with E-state index >= 15 is 0 Å². The Kier molecular flexibility index (Phi) is 4.19. The van der Waals surface area contributed by atoms with Crippen LogP contribution in [0.3, 0.4) is 0 Å². The molecule has 0 bridgehead atoms. The largest absolute Gasteiger partial charge is 0.496 e. The first-order valence-electron chi connectivity index (χ1n) is 7.09. The molecule has 0 amide bonds. The van der Waals surface area contributed by atoms with E-state index in [-0.39, 0.29) is 0 Å². The fourth-order valence-electron chi connectivity index (χ4n) is 2.31. The lowest BCUT2D eigenvalue weighted by atomic mass is 10.1. The summed E-state index contributed by atoms with van der Waals surface area (Å²) in [5, 5.41) is 0. The Hall–Kier alpha value is -2.95. The molecular formula is C18H17NO4. The molecular weight excluding hydrogens is 294 g/mol. The fraction of sp³-hybridized carbons (Fsp3) is 0.167. The minimum atomic E-state index is 0.531. The first-order valence-corrected chi connectivity index (χ1v) is 7.09. The predicted octanol–water partition coefficient (Wildman–Crippen LogP) is 4.02. The number of para-hydroxylation sites is 2. The number of oxazole rings is 1. The van der Waals surface area contributed by atoms with Gasteiger partial charge in [0.05, 0.1) is 21.3 Å². The van der Waals surface area contributed by atoms with Crippen LogP contribution in [0.25, 0.3) is 23.3 Å². The van der Waals surface area contributed by atoms with E-state index in [1.807, 2.05) is 36.4 Å². The molecule has 3 aromatic rings. The van der Waals surface area contributed by atoms with E-state index in [1.165, 1.54) is 0 Å². The van der Waals surface area contributed by atoms with Gasteiger partial charge in [-0.05, 0) is 24.3 Å². The summed E-state index contributed by atoms with van der Waals surface area (Å²) in [6.07, 6.45) is 3.66. The van der Waals surface area contributed by atoms with Crippen LogP contribution < -0.4 is 14.2 Å². The van der Waals surface area contributed by atoms with Gasteiger partial charge in [0.15, 0.2) is 17.1 Å². The van der Waals surface area contributed by atoms with Crippen molar-refractivity contribution in [1.29, 1.82) is 0 Å². The standard InChI is InChI=1S/C18H17NO4/c1-20-15-11-17(22-3)16(21-2)10-12(15)8-9-18-19-13-6-4-5-7-14(13)23-18/h4-11H,1-3H3/b9-8-. The van der Waals surface area contributed by atoms with Crippen LogP contribution in [0.5, 0.6) is 17.2 Å². The smallest absolute Gasteiger partial charge is 0.220 e. The number of hydrogen-bond donors (Lipinski definition) is 0. The van der Waals surface area contributed by atoms with E-state index in [1.54, 1.807) is 33.5 Å². The average molecular weight is 311 g/mol. The number of nitrogens with zero attached hydrogens (tertiary/aromatic N) is 1. The molecule has 0 fully saturated rings. The molecule has 0 aliphatic rings. The van der Waals surface area contributed by atoms with Crippen LogP contribution in [0.1, 0.15) is 11.5 Å². The molecule has 5 heteroatoms. The highest BCUT2D eigenvalue weighted by Gasteiger charge is 2.10. The van der Waals surface area contributed by atoms with Gasteiger partial charge in [0.2, 0.25) is 5.89 Å². The van der Waals surface area contributed by atoms with E-state index in [0.29, 0.717) is 23.1 Å². The number of rotatable bonds is 5.